The highest BCUT2D eigenvalue weighted by molar-refractivity contribution is 5.99. The molecule has 0 aromatic carbocycles. The number of nitrogens with zero attached hydrogens (tertiary/aromatic N) is 1. The molecule has 0 aliphatic heterocycles. The topological polar surface area (TPSA) is 74.4 Å². The molecule has 0 fully saturated rings. The molecule has 17 heavy (non-hydrogen) atoms. The summed E-state index contributed by atoms with van der Waals surface area (Å²) in [5.74, 6) is 0.437. The number of nitrogens with two attached hydrogens (primary N) is 1. The molecule has 1 atom stereocenters. The first-order valence-corrected chi connectivity index (χ1v) is 5.46. The van der Waals surface area contributed by atoms with Crippen LogP contribution in [0.4, 0.5) is 0 Å². The van der Waals surface area contributed by atoms with Crippen molar-refractivity contribution < 1.29 is 14.3 Å². The van der Waals surface area contributed by atoms with Crippen LogP contribution in [0, 0.1) is 0 Å². The fourth-order valence-corrected chi connectivity index (χ4v) is 1.46. The van der Waals surface area contributed by atoms with Gasteiger partial charge in [0.2, 0.25) is 0 Å². The average molecular weight is 238 g/mol. The zero-order valence-corrected chi connectivity index (χ0v) is 10.2. The lowest BCUT2D eigenvalue weighted by Gasteiger charge is -2.10. The maximum Gasteiger partial charge on any atom is 0.181 e. The van der Waals surface area contributed by atoms with Crippen LogP contribution in [0.5, 0.6) is 5.75 Å². The Morgan fingerprint density at radius 1 is 1.47 bits per heavy atom. The van der Waals surface area contributed by atoms with Crippen LogP contribution in [0.25, 0.3) is 0 Å². The average Bonchev–Trinajstić information content (AvgIpc) is 2.38. The zero-order valence-electron chi connectivity index (χ0n) is 10.2. The van der Waals surface area contributed by atoms with Crippen molar-refractivity contribution in [3.05, 3.63) is 24.0 Å². The highest BCUT2D eigenvalue weighted by Crippen LogP contribution is 2.12. The number of rotatable bonds is 7. The van der Waals surface area contributed by atoms with Gasteiger partial charge in [-0.25, -0.2) is 0 Å². The summed E-state index contributed by atoms with van der Waals surface area (Å²) in [6.45, 7) is 0.608. The molecular formula is C12H18N2O3. The van der Waals surface area contributed by atoms with Gasteiger partial charge in [-0.05, 0) is 18.9 Å². The highest BCUT2D eigenvalue weighted by atomic mass is 16.5. The molecule has 0 saturated carbocycles. The van der Waals surface area contributed by atoms with E-state index < -0.39 is 6.04 Å². The van der Waals surface area contributed by atoms with Crippen LogP contribution in [-0.2, 0) is 4.74 Å². The van der Waals surface area contributed by atoms with E-state index in [0.29, 0.717) is 24.3 Å². The Hall–Kier alpha value is -1.46. The summed E-state index contributed by atoms with van der Waals surface area (Å²) in [6, 6.07) is 1.13. The van der Waals surface area contributed by atoms with Gasteiger partial charge in [0.15, 0.2) is 5.78 Å². The van der Waals surface area contributed by atoms with Crippen LogP contribution in [-0.4, -0.2) is 37.6 Å². The Bertz CT molecular complexity index is 369. The molecule has 0 spiro atoms. The SMILES string of the molecule is COCCCC(N)C(=O)c1cncc(OC)c1. The lowest BCUT2D eigenvalue weighted by molar-refractivity contribution is 0.0949. The lowest BCUT2D eigenvalue weighted by Crippen LogP contribution is -2.30. The van der Waals surface area contributed by atoms with Gasteiger partial charge >= 0.3 is 0 Å². The van der Waals surface area contributed by atoms with Crippen molar-refractivity contribution in [2.75, 3.05) is 20.8 Å². The molecule has 94 valence electrons. The third-order valence-corrected chi connectivity index (χ3v) is 2.43. The van der Waals surface area contributed by atoms with Gasteiger partial charge in [-0.3, -0.25) is 9.78 Å². The van der Waals surface area contributed by atoms with Gasteiger partial charge in [0.1, 0.15) is 5.75 Å². The molecule has 0 amide bonds. The molecule has 5 heteroatoms. The van der Waals surface area contributed by atoms with Crippen molar-refractivity contribution in [3.8, 4) is 5.75 Å². The van der Waals surface area contributed by atoms with Crippen LogP contribution >= 0.6 is 0 Å². The molecule has 1 rings (SSSR count). The maximum absolute atomic E-state index is 11.9. The number of hydrogen-bond donors (Lipinski definition) is 1. The summed E-state index contributed by atoms with van der Waals surface area (Å²) in [6.07, 6.45) is 4.42. The quantitative estimate of drug-likeness (QED) is 0.567. The molecule has 0 aliphatic carbocycles. The summed E-state index contributed by atoms with van der Waals surface area (Å²) >= 11 is 0. The van der Waals surface area contributed by atoms with E-state index >= 15 is 0 Å². The second-order valence-electron chi connectivity index (χ2n) is 3.72. The molecule has 2 N–H and O–H groups in total. The van der Waals surface area contributed by atoms with Crippen molar-refractivity contribution in [2.24, 2.45) is 5.73 Å². The van der Waals surface area contributed by atoms with Crippen LogP contribution in [0.15, 0.2) is 18.5 Å². The van der Waals surface area contributed by atoms with E-state index in [1.807, 2.05) is 0 Å². The summed E-state index contributed by atoms with van der Waals surface area (Å²) in [7, 11) is 3.16. The summed E-state index contributed by atoms with van der Waals surface area (Å²) in [4.78, 5) is 15.9. The third kappa shape index (κ3) is 4.13. The van der Waals surface area contributed by atoms with E-state index in [2.05, 4.69) is 4.98 Å². The Balaban J connectivity index is 2.61. The first-order chi connectivity index (χ1) is 8.19. The van der Waals surface area contributed by atoms with Crippen LogP contribution < -0.4 is 10.5 Å². The van der Waals surface area contributed by atoms with Gasteiger partial charge in [0.25, 0.3) is 0 Å². The maximum atomic E-state index is 11.9. The third-order valence-electron chi connectivity index (χ3n) is 2.43. The fraction of sp³-hybridized carbons (Fsp3) is 0.500. The fourth-order valence-electron chi connectivity index (χ4n) is 1.46. The number of ether oxygens (including phenoxy) is 2. The Morgan fingerprint density at radius 2 is 2.24 bits per heavy atom. The molecule has 0 saturated heterocycles. The number of methoxy groups -OCH3 is 2. The standard InChI is InChI=1S/C12H18N2O3/c1-16-5-3-4-11(13)12(15)9-6-10(17-2)8-14-7-9/h6-8,11H,3-5,13H2,1-2H3. The van der Waals surface area contributed by atoms with E-state index in [1.165, 1.54) is 13.3 Å². The first-order valence-electron chi connectivity index (χ1n) is 5.46. The van der Waals surface area contributed by atoms with E-state index in [-0.39, 0.29) is 5.78 Å². The van der Waals surface area contributed by atoms with Crippen molar-refractivity contribution in [1.82, 2.24) is 4.98 Å². The smallest absolute Gasteiger partial charge is 0.181 e. The van der Waals surface area contributed by atoms with E-state index in [4.69, 9.17) is 15.2 Å². The van der Waals surface area contributed by atoms with Gasteiger partial charge in [0.05, 0.1) is 19.3 Å². The Morgan fingerprint density at radius 3 is 2.88 bits per heavy atom. The summed E-state index contributed by atoms with van der Waals surface area (Å²) in [5, 5.41) is 0. The monoisotopic (exact) mass is 238 g/mol. The van der Waals surface area contributed by atoms with Crippen molar-refractivity contribution in [2.45, 2.75) is 18.9 Å². The van der Waals surface area contributed by atoms with Crippen LogP contribution in [0.1, 0.15) is 23.2 Å². The number of ketones is 1. The van der Waals surface area contributed by atoms with Crippen LogP contribution in [0.3, 0.4) is 0 Å². The summed E-state index contributed by atoms with van der Waals surface area (Å²) < 4.78 is 9.92. The van der Waals surface area contributed by atoms with E-state index in [9.17, 15) is 4.79 Å². The number of hydrogen-bond acceptors (Lipinski definition) is 5. The lowest BCUT2D eigenvalue weighted by atomic mass is 10.0. The first kappa shape index (κ1) is 13.6. The van der Waals surface area contributed by atoms with Gasteiger partial charge in [0, 0.05) is 25.5 Å². The summed E-state index contributed by atoms with van der Waals surface area (Å²) in [5.41, 5.74) is 6.29. The second-order valence-corrected chi connectivity index (χ2v) is 3.72. The normalized spacial score (nSPS) is 12.2. The predicted octanol–water partition coefficient (Wildman–Crippen LogP) is 1.03. The minimum Gasteiger partial charge on any atom is -0.495 e. The van der Waals surface area contributed by atoms with Gasteiger partial charge < -0.3 is 15.2 Å². The molecule has 5 nitrogen and oxygen atoms in total. The molecule has 0 aliphatic rings. The van der Waals surface area contributed by atoms with Crippen molar-refractivity contribution in [3.63, 3.8) is 0 Å². The minimum absolute atomic E-state index is 0.118. The number of pyridine rings is 1. The Kier molecular flexibility index (Phi) is 5.59. The van der Waals surface area contributed by atoms with E-state index in [0.717, 1.165) is 6.42 Å². The number of carbonyl (C=O) groups is 1. The van der Waals surface area contributed by atoms with Gasteiger partial charge in [-0.15, -0.1) is 0 Å². The highest BCUT2D eigenvalue weighted by Gasteiger charge is 2.16. The predicted molar refractivity (Wildman–Crippen MR) is 64.2 cm³/mol. The molecule has 0 radical (unpaired) electrons. The van der Waals surface area contributed by atoms with Gasteiger partial charge in [-0.2, -0.15) is 0 Å². The molecule has 0 bridgehead atoms. The number of Topliss-reactive ketones (excluding diaryl/α,β-unsaturated/α-hetero) is 1. The zero-order chi connectivity index (χ0) is 12.7. The Labute approximate surface area is 101 Å². The second kappa shape index (κ2) is 6.98. The molecule has 1 aromatic rings. The number of aromatic nitrogens is 1. The number of carbonyl (C=O) groups excluding carboxylic acids is 1. The molecule has 1 aromatic heterocycles. The van der Waals surface area contributed by atoms with Crippen LogP contribution in [0.2, 0.25) is 0 Å². The van der Waals surface area contributed by atoms with Crippen molar-refractivity contribution >= 4 is 5.78 Å². The van der Waals surface area contributed by atoms with Gasteiger partial charge in [-0.1, -0.05) is 0 Å². The minimum atomic E-state index is -0.515. The molecule has 1 heterocycles. The molecular weight excluding hydrogens is 220 g/mol. The van der Waals surface area contributed by atoms with Crippen molar-refractivity contribution in [1.29, 1.82) is 0 Å². The largest absolute Gasteiger partial charge is 0.495 e. The van der Waals surface area contributed by atoms with E-state index in [1.54, 1.807) is 19.4 Å². The molecule has 1 unspecified atom stereocenters.